The standard InChI is InChI=1S/C40H53N3O6/c1-27-18-17-23-30(24-27)33(34(44)41-32(36(46)48-39(5,6)7)26-29-21-15-12-16-22-29)43(38(2,3)4)35(45)31(25-28-19-13-11-14-20-28)42-37(47)49-40(8,9)10/h11-24,31-33H,25-26H2,1-10H3,(H,41,44)(H,42,47). The van der Waals surface area contributed by atoms with Crippen LogP contribution in [-0.2, 0) is 36.7 Å². The predicted octanol–water partition coefficient (Wildman–Crippen LogP) is 6.87. The molecule has 0 aliphatic carbocycles. The average Bonchev–Trinajstić information content (AvgIpc) is 2.97. The third-order valence-corrected chi connectivity index (χ3v) is 7.39. The Hall–Kier alpha value is -4.66. The van der Waals surface area contributed by atoms with Crippen LogP contribution in [0.25, 0.3) is 0 Å². The van der Waals surface area contributed by atoms with Gasteiger partial charge in [0.15, 0.2) is 0 Å². The number of hydrogen-bond acceptors (Lipinski definition) is 6. The minimum absolute atomic E-state index is 0.155. The van der Waals surface area contributed by atoms with Gasteiger partial charge in [0.25, 0.3) is 0 Å². The number of benzene rings is 3. The lowest BCUT2D eigenvalue weighted by atomic mass is 9.93. The number of amides is 3. The van der Waals surface area contributed by atoms with E-state index >= 15 is 0 Å². The van der Waals surface area contributed by atoms with Gasteiger partial charge in [-0.2, -0.15) is 0 Å². The third kappa shape index (κ3) is 12.4. The van der Waals surface area contributed by atoms with Gasteiger partial charge in [-0.15, -0.1) is 0 Å². The summed E-state index contributed by atoms with van der Waals surface area (Å²) in [6, 6.07) is 22.8. The number of hydrogen-bond donors (Lipinski definition) is 2. The largest absolute Gasteiger partial charge is 0.458 e. The van der Waals surface area contributed by atoms with Crippen molar-refractivity contribution in [2.75, 3.05) is 0 Å². The molecule has 3 rings (SSSR count). The van der Waals surface area contributed by atoms with Crippen molar-refractivity contribution in [3.8, 4) is 0 Å². The van der Waals surface area contributed by atoms with Crippen molar-refractivity contribution < 1.29 is 28.7 Å². The van der Waals surface area contributed by atoms with Crippen molar-refractivity contribution in [3.05, 3.63) is 107 Å². The zero-order valence-corrected chi connectivity index (χ0v) is 30.6. The number of nitrogens with one attached hydrogen (secondary N) is 2. The molecule has 0 spiro atoms. The first-order valence-electron chi connectivity index (χ1n) is 16.7. The minimum atomic E-state index is -1.17. The molecule has 0 aliphatic heterocycles. The van der Waals surface area contributed by atoms with Crippen molar-refractivity contribution >= 4 is 23.9 Å². The number of carbonyl (C=O) groups is 4. The lowest BCUT2D eigenvalue weighted by molar-refractivity contribution is -0.159. The molecule has 0 saturated heterocycles. The van der Waals surface area contributed by atoms with Crippen LogP contribution in [0.5, 0.6) is 0 Å². The van der Waals surface area contributed by atoms with Crippen molar-refractivity contribution in [2.24, 2.45) is 0 Å². The summed E-state index contributed by atoms with van der Waals surface area (Å²) < 4.78 is 11.3. The fourth-order valence-electron chi connectivity index (χ4n) is 5.44. The van der Waals surface area contributed by atoms with Crippen LogP contribution in [0.2, 0.25) is 0 Å². The first-order valence-corrected chi connectivity index (χ1v) is 16.7. The van der Waals surface area contributed by atoms with E-state index in [0.717, 1.165) is 16.7 Å². The van der Waals surface area contributed by atoms with Crippen molar-refractivity contribution in [1.29, 1.82) is 0 Å². The first-order chi connectivity index (χ1) is 22.7. The normalized spacial score (nSPS) is 13.8. The fourth-order valence-corrected chi connectivity index (χ4v) is 5.44. The molecule has 9 nitrogen and oxygen atoms in total. The molecule has 0 aliphatic rings. The number of alkyl carbamates (subject to hydrolysis) is 1. The summed E-state index contributed by atoms with van der Waals surface area (Å²) in [6.07, 6.45) is -0.412. The molecule has 0 radical (unpaired) electrons. The highest BCUT2D eigenvalue weighted by Gasteiger charge is 2.43. The second-order valence-corrected chi connectivity index (χ2v) is 15.4. The van der Waals surface area contributed by atoms with Gasteiger partial charge in [-0.25, -0.2) is 9.59 Å². The number of rotatable bonds is 11. The number of carbonyl (C=O) groups excluding carboxylic acids is 4. The minimum Gasteiger partial charge on any atom is -0.458 e. The van der Waals surface area contributed by atoms with E-state index in [4.69, 9.17) is 9.47 Å². The van der Waals surface area contributed by atoms with E-state index in [-0.39, 0.29) is 12.8 Å². The van der Waals surface area contributed by atoms with Crippen LogP contribution in [0.3, 0.4) is 0 Å². The molecule has 0 fully saturated rings. The molecule has 0 aromatic heterocycles. The molecule has 3 aromatic carbocycles. The van der Waals surface area contributed by atoms with Gasteiger partial charge < -0.3 is 25.0 Å². The predicted molar refractivity (Wildman–Crippen MR) is 192 cm³/mol. The molecule has 0 heterocycles. The lowest BCUT2D eigenvalue weighted by Gasteiger charge is -2.43. The van der Waals surface area contributed by atoms with E-state index in [1.807, 2.05) is 107 Å². The maximum Gasteiger partial charge on any atom is 0.408 e. The number of aryl methyl sites for hydroxylation is 1. The Kier molecular flexibility index (Phi) is 12.8. The Labute approximate surface area is 291 Å². The molecule has 0 bridgehead atoms. The van der Waals surface area contributed by atoms with Crippen LogP contribution in [0.15, 0.2) is 84.9 Å². The highest BCUT2D eigenvalue weighted by atomic mass is 16.6. The zero-order chi connectivity index (χ0) is 36.6. The Morgan fingerprint density at radius 2 is 1.16 bits per heavy atom. The van der Waals surface area contributed by atoms with Crippen molar-refractivity contribution in [2.45, 2.75) is 117 Å². The lowest BCUT2D eigenvalue weighted by Crippen LogP contribution is -2.60. The van der Waals surface area contributed by atoms with E-state index in [0.29, 0.717) is 5.56 Å². The highest BCUT2D eigenvalue weighted by molar-refractivity contribution is 5.94. The Balaban J connectivity index is 2.13. The number of nitrogens with zero attached hydrogens (tertiary/aromatic N) is 1. The van der Waals surface area contributed by atoms with Crippen LogP contribution < -0.4 is 10.6 Å². The molecular formula is C40H53N3O6. The quantitative estimate of drug-likeness (QED) is 0.215. The topological polar surface area (TPSA) is 114 Å². The monoisotopic (exact) mass is 671 g/mol. The Morgan fingerprint density at radius 3 is 1.63 bits per heavy atom. The van der Waals surface area contributed by atoms with Crippen LogP contribution in [0, 0.1) is 6.92 Å². The van der Waals surface area contributed by atoms with Crippen LogP contribution in [0.4, 0.5) is 4.79 Å². The Morgan fingerprint density at radius 1 is 0.653 bits per heavy atom. The SMILES string of the molecule is Cc1cccc(C(C(=O)NC(Cc2ccccc2)C(=O)OC(C)(C)C)N(C(=O)C(Cc2ccccc2)NC(=O)OC(C)(C)C)C(C)(C)C)c1. The molecule has 49 heavy (non-hydrogen) atoms. The summed E-state index contributed by atoms with van der Waals surface area (Å²) in [5.41, 5.74) is 0.575. The van der Waals surface area contributed by atoms with Crippen LogP contribution in [-0.4, -0.2) is 57.6 Å². The molecule has 2 N–H and O–H groups in total. The summed E-state index contributed by atoms with van der Waals surface area (Å²) in [7, 11) is 0. The summed E-state index contributed by atoms with van der Waals surface area (Å²) in [5.74, 6) is -1.63. The molecule has 9 heteroatoms. The second-order valence-electron chi connectivity index (χ2n) is 15.4. The average molecular weight is 672 g/mol. The van der Waals surface area contributed by atoms with Gasteiger partial charge in [0, 0.05) is 18.4 Å². The highest BCUT2D eigenvalue weighted by Crippen LogP contribution is 2.31. The third-order valence-electron chi connectivity index (χ3n) is 7.39. The summed E-state index contributed by atoms with van der Waals surface area (Å²) >= 11 is 0. The maximum atomic E-state index is 14.9. The molecule has 264 valence electrons. The summed E-state index contributed by atoms with van der Waals surface area (Å²) in [5, 5.41) is 5.74. The van der Waals surface area contributed by atoms with E-state index in [1.54, 1.807) is 47.6 Å². The maximum absolute atomic E-state index is 14.9. The van der Waals surface area contributed by atoms with Gasteiger partial charge >= 0.3 is 12.1 Å². The first kappa shape index (κ1) is 38.8. The molecule has 3 amide bonds. The van der Waals surface area contributed by atoms with Gasteiger partial charge in [0.2, 0.25) is 11.8 Å². The van der Waals surface area contributed by atoms with E-state index in [1.165, 1.54) is 4.90 Å². The van der Waals surface area contributed by atoms with Crippen LogP contribution in [0.1, 0.15) is 90.6 Å². The van der Waals surface area contributed by atoms with E-state index in [2.05, 4.69) is 10.6 Å². The summed E-state index contributed by atoms with van der Waals surface area (Å²) in [6.45, 7) is 18.0. The van der Waals surface area contributed by atoms with Gasteiger partial charge in [-0.3, -0.25) is 9.59 Å². The molecule has 3 atom stereocenters. The Bertz CT molecular complexity index is 1570. The molecule has 0 saturated carbocycles. The summed E-state index contributed by atoms with van der Waals surface area (Å²) in [4.78, 5) is 57.8. The zero-order valence-electron chi connectivity index (χ0n) is 30.6. The molecule has 3 aromatic rings. The van der Waals surface area contributed by atoms with Gasteiger partial charge in [-0.05, 0) is 85.9 Å². The second kappa shape index (κ2) is 16.2. The van der Waals surface area contributed by atoms with E-state index in [9.17, 15) is 19.2 Å². The van der Waals surface area contributed by atoms with Crippen molar-refractivity contribution in [3.63, 3.8) is 0 Å². The van der Waals surface area contributed by atoms with Gasteiger partial charge in [0.05, 0.1) is 0 Å². The smallest absolute Gasteiger partial charge is 0.408 e. The van der Waals surface area contributed by atoms with Crippen molar-refractivity contribution in [1.82, 2.24) is 15.5 Å². The fraction of sp³-hybridized carbons (Fsp3) is 0.450. The molecular weight excluding hydrogens is 618 g/mol. The van der Waals surface area contributed by atoms with Gasteiger partial charge in [0.1, 0.15) is 29.3 Å². The van der Waals surface area contributed by atoms with Crippen LogP contribution >= 0.6 is 0 Å². The number of ether oxygens (including phenoxy) is 2. The van der Waals surface area contributed by atoms with Gasteiger partial charge in [-0.1, -0.05) is 90.5 Å². The number of esters is 1. The van der Waals surface area contributed by atoms with E-state index < -0.39 is 58.7 Å². The molecule has 3 unspecified atom stereocenters.